The summed E-state index contributed by atoms with van der Waals surface area (Å²) in [6.07, 6.45) is 0.521. The fourth-order valence-corrected chi connectivity index (χ4v) is 4.96. The van der Waals surface area contributed by atoms with Gasteiger partial charge in [0.05, 0.1) is 11.6 Å². The number of benzene rings is 2. The molecule has 6 nitrogen and oxygen atoms in total. The highest BCUT2D eigenvalue weighted by atomic mass is 16.6. The number of cyclic esters (lactones) is 1. The van der Waals surface area contributed by atoms with Crippen LogP contribution >= 0.6 is 0 Å². The third kappa shape index (κ3) is 5.17. The molecule has 0 bridgehead atoms. The molecule has 1 aliphatic rings. The monoisotopic (exact) mass is 474 g/mol. The SMILES string of the molecule is Cc1cc(-c2ccc([C@H](C)N3CCC(CC(C)(C)O)(c4ccccc4)OC3=O)cc2)cc(=O)n1C. The number of rotatable bonds is 6. The summed E-state index contributed by atoms with van der Waals surface area (Å²) in [5, 5.41) is 10.6. The molecule has 0 aliphatic carbocycles. The molecule has 35 heavy (non-hydrogen) atoms. The van der Waals surface area contributed by atoms with Gasteiger partial charge >= 0.3 is 6.09 Å². The standard InChI is InChI=1S/C29H34N2O4/c1-20-17-24(18-26(32)30(20)5)23-13-11-22(12-14-23)21(2)31-16-15-29(35-27(31)33,19-28(3,4)34)25-9-7-6-8-10-25/h6-14,17-18,21,34H,15-16,19H2,1-5H3/t21-,29?/m0/s1. The largest absolute Gasteiger partial charge is 0.438 e. The molecular formula is C29H34N2O4. The molecule has 1 aromatic heterocycles. The van der Waals surface area contributed by atoms with Crippen LogP contribution in [0.5, 0.6) is 0 Å². The average Bonchev–Trinajstić information content (AvgIpc) is 2.81. The predicted octanol–water partition coefficient (Wildman–Crippen LogP) is 5.32. The Morgan fingerprint density at radius 3 is 2.26 bits per heavy atom. The van der Waals surface area contributed by atoms with Crippen LogP contribution in [0.15, 0.2) is 71.5 Å². The Hall–Kier alpha value is -3.38. The molecule has 184 valence electrons. The number of ether oxygens (including phenoxy) is 1. The second-order valence-electron chi connectivity index (χ2n) is 10.2. The molecule has 1 N–H and O–H groups in total. The molecular weight excluding hydrogens is 440 g/mol. The lowest BCUT2D eigenvalue weighted by Gasteiger charge is -2.45. The molecule has 1 saturated heterocycles. The van der Waals surface area contributed by atoms with Gasteiger partial charge in [-0.05, 0) is 56.0 Å². The third-order valence-corrected chi connectivity index (χ3v) is 6.99. The van der Waals surface area contributed by atoms with E-state index in [2.05, 4.69) is 0 Å². The Labute approximate surface area is 206 Å². The lowest BCUT2D eigenvalue weighted by atomic mass is 9.80. The van der Waals surface area contributed by atoms with Crippen molar-refractivity contribution in [3.05, 3.63) is 93.9 Å². The normalized spacial score (nSPS) is 19.4. The van der Waals surface area contributed by atoms with Gasteiger partial charge in [0.25, 0.3) is 5.56 Å². The van der Waals surface area contributed by atoms with Crippen LogP contribution in [0.4, 0.5) is 4.79 Å². The highest BCUT2D eigenvalue weighted by molar-refractivity contribution is 5.70. The number of hydrogen-bond acceptors (Lipinski definition) is 4. The topological polar surface area (TPSA) is 71.8 Å². The zero-order chi connectivity index (χ0) is 25.4. The van der Waals surface area contributed by atoms with Crippen LogP contribution in [0.1, 0.15) is 56.5 Å². The van der Waals surface area contributed by atoms with Crippen molar-refractivity contribution in [3.63, 3.8) is 0 Å². The van der Waals surface area contributed by atoms with Crippen LogP contribution in [0.3, 0.4) is 0 Å². The average molecular weight is 475 g/mol. The first kappa shape index (κ1) is 24.7. The van der Waals surface area contributed by atoms with Crippen molar-refractivity contribution < 1.29 is 14.6 Å². The molecule has 1 aliphatic heterocycles. The fourth-order valence-electron chi connectivity index (χ4n) is 4.96. The summed E-state index contributed by atoms with van der Waals surface area (Å²) in [5.41, 5.74) is 2.72. The number of nitrogens with zero attached hydrogens (tertiary/aromatic N) is 2. The number of aliphatic hydroxyl groups is 1. The van der Waals surface area contributed by atoms with Gasteiger partial charge in [-0.1, -0.05) is 54.6 Å². The van der Waals surface area contributed by atoms with Gasteiger partial charge in [-0.3, -0.25) is 4.79 Å². The minimum atomic E-state index is -0.990. The van der Waals surface area contributed by atoms with E-state index in [-0.39, 0.29) is 17.7 Å². The number of pyridine rings is 1. The van der Waals surface area contributed by atoms with E-state index in [0.29, 0.717) is 19.4 Å². The minimum absolute atomic E-state index is 0.0403. The smallest absolute Gasteiger partial charge is 0.411 e. The van der Waals surface area contributed by atoms with Crippen molar-refractivity contribution >= 4 is 6.09 Å². The van der Waals surface area contributed by atoms with E-state index in [4.69, 9.17) is 4.74 Å². The summed E-state index contributed by atoms with van der Waals surface area (Å²) >= 11 is 0. The summed E-state index contributed by atoms with van der Waals surface area (Å²) in [5.74, 6) is 0. The van der Waals surface area contributed by atoms with Crippen molar-refractivity contribution in [3.8, 4) is 11.1 Å². The summed E-state index contributed by atoms with van der Waals surface area (Å²) in [6.45, 7) is 7.90. The van der Waals surface area contributed by atoms with Crippen LogP contribution in [-0.4, -0.2) is 32.8 Å². The first-order chi connectivity index (χ1) is 16.5. The van der Waals surface area contributed by atoms with Crippen LogP contribution < -0.4 is 5.56 Å². The number of carbonyl (C=O) groups is 1. The first-order valence-corrected chi connectivity index (χ1v) is 12.0. The first-order valence-electron chi connectivity index (χ1n) is 12.0. The number of hydrogen-bond donors (Lipinski definition) is 1. The zero-order valence-electron chi connectivity index (χ0n) is 21.1. The van der Waals surface area contributed by atoms with Crippen molar-refractivity contribution in [1.82, 2.24) is 9.47 Å². The van der Waals surface area contributed by atoms with Crippen molar-refractivity contribution in [2.75, 3.05) is 6.54 Å². The number of amides is 1. The maximum absolute atomic E-state index is 13.3. The van der Waals surface area contributed by atoms with E-state index in [0.717, 1.165) is 27.9 Å². The van der Waals surface area contributed by atoms with Crippen molar-refractivity contribution in [2.45, 2.75) is 57.8 Å². The third-order valence-electron chi connectivity index (χ3n) is 6.99. The maximum atomic E-state index is 13.3. The molecule has 4 rings (SSSR count). The van der Waals surface area contributed by atoms with Gasteiger partial charge in [0.2, 0.25) is 0 Å². The molecule has 6 heteroatoms. The number of aromatic nitrogens is 1. The molecule has 2 aromatic carbocycles. The highest BCUT2D eigenvalue weighted by Gasteiger charge is 2.46. The molecule has 1 fully saturated rings. The second-order valence-corrected chi connectivity index (χ2v) is 10.2. The Morgan fingerprint density at radius 2 is 1.69 bits per heavy atom. The maximum Gasteiger partial charge on any atom is 0.411 e. The second kappa shape index (κ2) is 9.34. The molecule has 2 atom stereocenters. The lowest BCUT2D eigenvalue weighted by molar-refractivity contribution is -0.101. The van der Waals surface area contributed by atoms with Crippen molar-refractivity contribution in [1.29, 1.82) is 0 Å². The molecule has 2 heterocycles. The van der Waals surface area contributed by atoms with E-state index < -0.39 is 11.2 Å². The molecule has 1 amide bonds. The molecule has 3 aromatic rings. The zero-order valence-corrected chi connectivity index (χ0v) is 21.1. The van der Waals surface area contributed by atoms with Gasteiger partial charge in [-0.2, -0.15) is 0 Å². The van der Waals surface area contributed by atoms with Gasteiger partial charge in [0, 0.05) is 38.2 Å². The van der Waals surface area contributed by atoms with E-state index in [1.165, 1.54) is 0 Å². The van der Waals surface area contributed by atoms with Gasteiger partial charge in [-0.15, -0.1) is 0 Å². The van der Waals surface area contributed by atoms with Crippen LogP contribution in [0, 0.1) is 6.92 Å². The van der Waals surface area contributed by atoms with Crippen molar-refractivity contribution in [2.24, 2.45) is 7.05 Å². The quantitative estimate of drug-likeness (QED) is 0.525. The highest BCUT2D eigenvalue weighted by Crippen LogP contribution is 2.42. The van der Waals surface area contributed by atoms with Gasteiger partial charge in [-0.25, -0.2) is 4.79 Å². The summed E-state index contributed by atoms with van der Waals surface area (Å²) in [6, 6.07) is 21.1. The van der Waals surface area contributed by atoms with Crippen LogP contribution in [-0.2, 0) is 17.4 Å². The van der Waals surface area contributed by atoms with E-state index >= 15 is 0 Å². The number of aryl methyl sites for hydroxylation is 1. The van der Waals surface area contributed by atoms with Crippen LogP contribution in [0.2, 0.25) is 0 Å². The predicted molar refractivity (Wildman–Crippen MR) is 137 cm³/mol. The lowest BCUT2D eigenvalue weighted by Crippen LogP contribution is -2.51. The van der Waals surface area contributed by atoms with Crippen LogP contribution in [0.25, 0.3) is 11.1 Å². The van der Waals surface area contributed by atoms with Gasteiger partial charge < -0.3 is 19.3 Å². The van der Waals surface area contributed by atoms with Gasteiger partial charge in [0.15, 0.2) is 0 Å². The molecule has 0 spiro atoms. The van der Waals surface area contributed by atoms with E-state index in [1.807, 2.05) is 74.5 Å². The molecule has 0 radical (unpaired) electrons. The fraction of sp³-hybridized carbons (Fsp3) is 0.379. The minimum Gasteiger partial charge on any atom is -0.438 e. The number of carbonyl (C=O) groups excluding carboxylic acids is 1. The van der Waals surface area contributed by atoms with E-state index in [9.17, 15) is 14.7 Å². The Balaban J connectivity index is 1.55. The summed E-state index contributed by atoms with van der Waals surface area (Å²) in [7, 11) is 1.76. The summed E-state index contributed by atoms with van der Waals surface area (Å²) < 4.78 is 7.73. The molecule has 1 unspecified atom stereocenters. The molecule has 0 saturated carbocycles. The Bertz CT molecular complexity index is 1260. The Morgan fingerprint density at radius 1 is 1.03 bits per heavy atom. The van der Waals surface area contributed by atoms with E-state index in [1.54, 1.807) is 36.4 Å². The van der Waals surface area contributed by atoms with Gasteiger partial charge in [0.1, 0.15) is 5.60 Å². The Kier molecular flexibility index (Phi) is 6.60. The summed E-state index contributed by atoms with van der Waals surface area (Å²) in [4.78, 5) is 27.2.